The molecule has 0 spiro atoms. The fourth-order valence-electron chi connectivity index (χ4n) is 2.06. The minimum atomic E-state index is -0.425. The third kappa shape index (κ3) is 6.09. The van der Waals surface area contributed by atoms with E-state index in [0.29, 0.717) is 32.8 Å². The van der Waals surface area contributed by atoms with E-state index in [2.05, 4.69) is 4.98 Å². The van der Waals surface area contributed by atoms with Gasteiger partial charge in [0.2, 0.25) is 5.91 Å². The second-order valence-corrected chi connectivity index (χ2v) is 5.05. The highest BCUT2D eigenvalue weighted by Gasteiger charge is 2.23. The van der Waals surface area contributed by atoms with Gasteiger partial charge in [-0.3, -0.25) is 9.78 Å². The van der Waals surface area contributed by atoms with Gasteiger partial charge in [-0.1, -0.05) is 6.92 Å². The molecule has 0 fully saturated rings. The number of rotatable bonds is 10. The van der Waals surface area contributed by atoms with Crippen LogP contribution in [0.25, 0.3) is 0 Å². The smallest absolute Gasteiger partial charge is 0.227 e. The maximum atomic E-state index is 12.5. The molecule has 1 aromatic heterocycles. The van der Waals surface area contributed by atoms with Crippen molar-refractivity contribution in [1.29, 1.82) is 0 Å². The van der Waals surface area contributed by atoms with Crippen molar-refractivity contribution in [2.24, 2.45) is 11.7 Å². The number of hydrogen-bond acceptors (Lipinski definition) is 5. The molecule has 0 aliphatic carbocycles. The van der Waals surface area contributed by atoms with Crippen LogP contribution >= 0.6 is 0 Å². The van der Waals surface area contributed by atoms with Crippen LogP contribution in [0.2, 0.25) is 0 Å². The van der Waals surface area contributed by atoms with Crippen molar-refractivity contribution < 1.29 is 14.3 Å². The molecule has 0 bridgehead atoms. The van der Waals surface area contributed by atoms with Gasteiger partial charge in [0.05, 0.1) is 6.54 Å². The van der Waals surface area contributed by atoms with Crippen molar-refractivity contribution in [3.63, 3.8) is 0 Å². The van der Waals surface area contributed by atoms with Crippen LogP contribution < -0.4 is 5.73 Å². The Bertz CT molecular complexity index is 422. The van der Waals surface area contributed by atoms with Gasteiger partial charge in [-0.15, -0.1) is 0 Å². The van der Waals surface area contributed by atoms with Gasteiger partial charge in [0.15, 0.2) is 6.29 Å². The molecule has 1 aromatic rings. The minimum absolute atomic E-state index is 0.00344. The summed E-state index contributed by atoms with van der Waals surface area (Å²) in [6, 6.07) is 3.79. The molecule has 0 unspecified atom stereocenters. The molecule has 0 aliphatic heterocycles. The molecule has 0 saturated carbocycles. The zero-order valence-electron chi connectivity index (χ0n) is 13.7. The first-order valence-corrected chi connectivity index (χ1v) is 7.73. The Morgan fingerprint density at radius 2 is 1.86 bits per heavy atom. The standard InChI is InChI=1S/C16H27N3O3/c1-4-21-15(22-5-2)12-19(16(20)13(3)10-17)11-14-6-8-18-9-7-14/h6-9,13,15H,4-5,10-12,17H2,1-3H3/t13-/m1/s1. The van der Waals surface area contributed by atoms with Gasteiger partial charge in [-0.05, 0) is 31.5 Å². The second kappa shape index (κ2) is 10.3. The molecule has 1 atom stereocenters. The summed E-state index contributed by atoms with van der Waals surface area (Å²) in [4.78, 5) is 18.3. The number of ether oxygens (including phenoxy) is 2. The zero-order chi connectivity index (χ0) is 16.4. The Hall–Kier alpha value is -1.50. The van der Waals surface area contributed by atoms with Gasteiger partial charge in [-0.2, -0.15) is 0 Å². The Balaban J connectivity index is 2.82. The van der Waals surface area contributed by atoms with Crippen molar-refractivity contribution in [2.75, 3.05) is 26.3 Å². The minimum Gasteiger partial charge on any atom is -0.351 e. The number of carbonyl (C=O) groups excluding carboxylic acids is 1. The highest BCUT2D eigenvalue weighted by molar-refractivity contribution is 5.78. The number of aromatic nitrogens is 1. The number of nitrogens with two attached hydrogens (primary N) is 1. The van der Waals surface area contributed by atoms with Crippen molar-refractivity contribution in [1.82, 2.24) is 9.88 Å². The van der Waals surface area contributed by atoms with Crippen LogP contribution in [0.4, 0.5) is 0 Å². The maximum Gasteiger partial charge on any atom is 0.227 e. The SMILES string of the molecule is CCOC(CN(Cc1ccncc1)C(=O)[C@H](C)CN)OCC. The highest BCUT2D eigenvalue weighted by Crippen LogP contribution is 2.11. The Morgan fingerprint density at radius 3 is 2.36 bits per heavy atom. The van der Waals surface area contributed by atoms with Crippen LogP contribution in [-0.2, 0) is 20.8 Å². The summed E-state index contributed by atoms with van der Waals surface area (Å²) in [6.07, 6.45) is 3.01. The predicted molar refractivity (Wildman–Crippen MR) is 84.9 cm³/mol. The average Bonchev–Trinajstić information content (AvgIpc) is 2.54. The van der Waals surface area contributed by atoms with Crippen LogP contribution in [0.15, 0.2) is 24.5 Å². The summed E-state index contributed by atoms with van der Waals surface area (Å²) in [5, 5.41) is 0. The summed E-state index contributed by atoms with van der Waals surface area (Å²) in [5.74, 6) is -0.227. The Labute approximate surface area is 132 Å². The lowest BCUT2D eigenvalue weighted by Gasteiger charge is -2.29. The first-order valence-electron chi connectivity index (χ1n) is 7.73. The number of carbonyl (C=O) groups is 1. The molecule has 22 heavy (non-hydrogen) atoms. The van der Waals surface area contributed by atoms with Crippen LogP contribution in [0, 0.1) is 5.92 Å². The molecule has 124 valence electrons. The van der Waals surface area contributed by atoms with Crippen LogP contribution in [0.5, 0.6) is 0 Å². The molecular weight excluding hydrogens is 282 g/mol. The van der Waals surface area contributed by atoms with E-state index in [9.17, 15) is 4.79 Å². The van der Waals surface area contributed by atoms with Gasteiger partial charge >= 0.3 is 0 Å². The lowest BCUT2D eigenvalue weighted by atomic mass is 10.1. The second-order valence-electron chi connectivity index (χ2n) is 5.05. The molecule has 1 heterocycles. The highest BCUT2D eigenvalue weighted by atomic mass is 16.7. The van der Waals surface area contributed by atoms with E-state index in [1.807, 2.05) is 32.9 Å². The monoisotopic (exact) mass is 309 g/mol. The molecule has 0 saturated heterocycles. The quantitative estimate of drug-likeness (QED) is 0.661. The zero-order valence-corrected chi connectivity index (χ0v) is 13.7. The Morgan fingerprint density at radius 1 is 1.27 bits per heavy atom. The molecule has 6 nitrogen and oxygen atoms in total. The summed E-state index contributed by atoms with van der Waals surface area (Å²) in [7, 11) is 0. The molecule has 2 N–H and O–H groups in total. The number of pyridine rings is 1. The number of amides is 1. The third-order valence-electron chi connectivity index (χ3n) is 3.28. The molecular formula is C16H27N3O3. The van der Waals surface area contributed by atoms with Gasteiger partial charge in [0.1, 0.15) is 0 Å². The Kier molecular flexibility index (Phi) is 8.65. The summed E-state index contributed by atoms with van der Waals surface area (Å²) >= 11 is 0. The first kappa shape index (κ1) is 18.5. The maximum absolute atomic E-state index is 12.5. The molecule has 0 aliphatic rings. The normalized spacial score (nSPS) is 12.4. The molecule has 0 aromatic carbocycles. The summed E-state index contributed by atoms with van der Waals surface area (Å²) in [5.41, 5.74) is 6.65. The number of hydrogen-bond donors (Lipinski definition) is 1. The van der Waals surface area contributed by atoms with Crippen molar-refractivity contribution in [3.8, 4) is 0 Å². The van der Waals surface area contributed by atoms with E-state index >= 15 is 0 Å². The van der Waals surface area contributed by atoms with E-state index in [0.717, 1.165) is 5.56 Å². The van der Waals surface area contributed by atoms with Crippen LogP contribution in [0.1, 0.15) is 26.3 Å². The fourth-order valence-corrected chi connectivity index (χ4v) is 2.06. The molecule has 1 amide bonds. The predicted octanol–water partition coefficient (Wildman–Crippen LogP) is 1.40. The van der Waals surface area contributed by atoms with Gasteiger partial charge in [-0.25, -0.2) is 0 Å². The third-order valence-corrected chi connectivity index (χ3v) is 3.28. The van der Waals surface area contributed by atoms with E-state index in [1.54, 1.807) is 17.3 Å². The van der Waals surface area contributed by atoms with Crippen molar-refractivity contribution in [3.05, 3.63) is 30.1 Å². The largest absolute Gasteiger partial charge is 0.351 e. The van der Waals surface area contributed by atoms with Crippen LogP contribution in [-0.4, -0.2) is 48.4 Å². The first-order chi connectivity index (χ1) is 10.6. The fraction of sp³-hybridized carbons (Fsp3) is 0.625. The topological polar surface area (TPSA) is 77.7 Å². The van der Waals surface area contributed by atoms with E-state index in [4.69, 9.17) is 15.2 Å². The van der Waals surface area contributed by atoms with Gasteiger partial charge < -0.3 is 20.1 Å². The van der Waals surface area contributed by atoms with E-state index < -0.39 is 6.29 Å². The van der Waals surface area contributed by atoms with Crippen LogP contribution in [0.3, 0.4) is 0 Å². The molecule has 1 rings (SSSR count). The lowest BCUT2D eigenvalue weighted by Crippen LogP contribution is -2.43. The van der Waals surface area contributed by atoms with Gasteiger partial charge in [0.25, 0.3) is 0 Å². The number of nitrogens with zero attached hydrogens (tertiary/aromatic N) is 2. The lowest BCUT2D eigenvalue weighted by molar-refractivity contribution is -0.161. The van der Waals surface area contributed by atoms with Crippen molar-refractivity contribution in [2.45, 2.75) is 33.6 Å². The average molecular weight is 309 g/mol. The van der Waals surface area contributed by atoms with E-state index in [-0.39, 0.29) is 11.8 Å². The summed E-state index contributed by atoms with van der Waals surface area (Å²) < 4.78 is 11.1. The van der Waals surface area contributed by atoms with Crippen molar-refractivity contribution >= 4 is 5.91 Å². The van der Waals surface area contributed by atoms with E-state index in [1.165, 1.54) is 0 Å². The molecule has 6 heteroatoms. The summed E-state index contributed by atoms with van der Waals surface area (Å²) in [6.45, 7) is 7.91. The van der Waals surface area contributed by atoms with Gasteiger partial charge in [0, 0.05) is 44.6 Å². The molecule has 0 radical (unpaired) electrons.